The van der Waals surface area contributed by atoms with Gasteiger partial charge in [0.25, 0.3) is 5.91 Å². The molecule has 0 saturated carbocycles. The molecule has 0 radical (unpaired) electrons. The third-order valence-electron chi connectivity index (χ3n) is 4.71. The summed E-state index contributed by atoms with van der Waals surface area (Å²) in [4.78, 5) is 15.1. The molecule has 1 fully saturated rings. The molecule has 1 aliphatic rings. The smallest absolute Gasteiger partial charge is 0.255 e. The molecule has 138 valence electrons. The van der Waals surface area contributed by atoms with Gasteiger partial charge < -0.3 is 19.1 Å². The number of methoxy groups -OCH3 is 3. The lowest BCUT2D eigenvalue weighted by Gasteiger charge is -2.26. The monoisotopic (exact) mass is 419 g/mol. The van der Waals surface area contributed by atoms with Gasteiger partial charge in [-0.25, -0.2) is 0 Å². The molecule has 0 bridgehead atoms. The van der Waals surface area contributed by atoms with E-state index in [0.717, 1.165) is 29.4 Å². The molecule has 0 aliphatic carbocycles. The Morgan fingerprint density at radius 1 is 1.04 bits per heavy atom. The molecule has 1 aliphatic heterocycles. The predicted molar refractivity (Wildman–Crippen MR) is 103 cm³/mol. The van der Waals surface area contributed by atoms with Crippen LogP contribution in [0.2, 0.25) is 0 Å². The molecule has 26 heavy (non-hydrogen) atoms. The van der Waals surface area contributed by atoms with Crippen molar-refractivity contribution < 1.29 is 19.0 Å². The number of likely N-dealkylation sites (tertiary alicyclic amines) is 1. The molecule has 0 aromatic heterocycles. The van der Waals surface area contributed by atoms with E-state index in [2.05, 4.69) is 15.9 Å². The van der Waals surface area contributed by atoms with Gasteiger partial charge in [0.15, 0.2) is 11.5 Å². The maximum Gasteiger partial charge on any atom is 0.255 e. The highest BCUT2D eigenvalue weighted by Crippen LogP contribution is 2.38. The molecule has 1 amide bonds. The van der Waals surface area contributed by atoms with Gasteiger partial charge in [-0.05, 0) is 64.7 Å². The topological polar surface area (TPSA) is 48.0 Å². The minimum Gasteiger partial charge on any atom is -0.497 e. The largest absolute Gasteiger partial charge is 0.497 e. The van der Waals surface area contributed by atoms with Crippen LogP contribution in [0.3, 0.4) is 0 Å². The van der Waals surface area contributed by atoms with Crippen LogP contribution in [0.5, 0.6) is 17.2 Å². The van der Waals surface area contributed by atoms with Crippen LogP contribution in [0.15, 0.2) is 40.9 Å². The van der Waals surface area contributed by atoms with Gasteiger partial charge >= 0.3 is 0 Å². The highest BCUT2D eigenvalue weighted by atomic mass is 79.9. The Morgan fingerprint density at radius 2 is 1.81 bits per heavy atom. The van der Waals surface area contributed by atoms with E-state index in [1.807, 2.05) is 35.2 Å². The summed E-state index contributed by atoms with van der Waals surface area (Å²) in [6, 6.07) is 11.3. The van der Waals surface area contributed by atoms with Gasteiger partial charge in [-0.3, -0.25) is 4.79 Å². The van der Waals surface area contributed by atoms with Crippen molar-refractivity contribution in [3.63, 3.8) is 0 Å². The highest BCUT2D eigenvalue weighted by molar-refractivity contribution is 9.10. The van der Waals surface area contributed by atoms with Crippen LogP contribution in [-0.2, 0) is 0 Å². The van der Waals surface area contributed by atoms with Gasteiger partial charge in [-0.2, -0.15) is 0 Å². The molecule has 6 heteroatoms. The van der Waals surface area contributed by atoms with Crippen molar-refractivity contribution in [3.8, 4) is 17.2 Å². The molecule has 2 aromatic rings. The predicted octanol–water partition coefficient (Wildman–Crippen LogP) is 4.45. The maximum atomic E-state index is 13.2. The molecule has 1 unspecified atom stereocenters. The molecular formula is C20H22BrNO4. The lowest BCUT2D eigenvalue weighted by Crippen LogP contribution is -2.30. The Labute approximate surface area is 162 Å². The Hall–Kier alpha value is -2.21. The Morgan fingerprint density at radius 3 is 2.50 bits per heavy atom. The number of hydrogen-bond acceptors (Lipinski definition) is 4. The molecule has 0 spiro atoms. The van der Waals surface area contributed by atoms with E-state index in [9.17, 15) is 4.79 Å². The van der Waals surface area contributed by atoms with Crippen molar-refractivity contribution >= 4 is 21.8 Å². The van der Waals surface area contributed by atoms with Gasteiger partial charge in [-0.1, -0.05) is 6.07 Å². The number of hydrogen-bond donors (Lipinski definition) is 0. The van der Waals surface area contributed by atoms with Crippen molar-refractivity contribution in [2.24, 2.45) is 0 Å². The fourth-order valence-electron chi connectivity index (χ4n) is 3.37. The summed E-state index contributed by atoms with van der Waals surface area (Å²) in [6.07, 6.45) is 1.88. The minimum absolute atomic E-state index is 0.00643. The second kappa shape index (κ2) is 7.99. The molecule has 0 N–H and O–H groups in total. The average molecular weight is 420 g/mol. The normalized spacial score (nSPS) is 16.5. The number of carbonyl (C=O) groups is 1. The lowest BCUT2D eigenvalue weighted by molar-refractivity contribution is 0.0734. The van der Waals surface area contributed by atoms with Crippen molar-refractivity contribution in [1.82, 2.24) is 4.90 Å². The minimum atomic E-state index is -0.00643. The van der Waals surface area contributed by atoms with Crippen molar-refractivity contribution in [1.29, 1.82) is 0 Å². The molecule has 2 aromatic carbocycles. The fourth-order valence-corrected chi connectivity index (χ4v) is 3.78. The number of benzene rings is 2. The van der Waals surface area contributed by atoms with Gasteiger partial charge in [0, 0.05) is 11.0 Å². The van der Waals surface area contributed by atoms with Crippen LogP contribution in [0.25, 0.3) is 0 Å². The van der Waals surface area contributed by atoms with Crippen molar-refractivity contribution in [3.05, 3.63) is 52.0 Å². The number of ether oxygens (including phenoxy) is 3. The summed E-state index contributed by atoms with van der Waals surface area (Å²) >= 11 is 3.49. The molecule has 1 heterocycles. The van der Waals surface area contributed by atoms with Crippen LogP contribution in [0, 0.1) is 0 Å². The second-order valence-electron chi connectivity index (χ2n) is 6.12. The van der Waals surface area contributed by atoms with Crippen LogP contribution in [0.1, 0.15) is 34.8 Å². The van der Waals surface area contributed by atoms with E-state index in [-0.39, 0.29) is 11.9 Å². The van der Waals surface area contributed by atoms with E-state index >= 15 is 0 Å². The second-order valence-corrected chi connectivity index (χ2v) is 6.97. The number of rotatable bonds is 5. The molecule has 5 nitrogen and oxygen atoms in total. The van der Waals surface area contributed by atoms with Crippen LogP contribution < -0.4 is 14.2 Å². The third-order valence-corrected chi connectivity index (χ3v) is 5.40. The lowest BCUT2D eigenvalue weighted by atomic mass is 10.0. The summed E-state index contributed by atoms with van der Waals surface area (Å²) in [5.41, 5.74) is 1.66. The summed E-state index contributed by atoms with van der Waals surface area (Å²) in [5.74, 6) is 2.01. The Kier molecular flexibility index (Phi) is 5.71. The van der Waals surface area contributed by atoms with Gasteiger partial charge in [0.1, 0.15) is 5.75 Å². The van der Waals surface area contributed by atoms with Crippen LogP contribution >= 0.6 is 15.9 Å². The van der Waals surface area contributed by atoms with Gasteiger partial charge in [-0.15, -0.1) is 0 Å². The SMILES string of the molecule is COc1ccc(Br)c(C(=O)N2CCCC2c2ccc(OC)c(OC)c2)c1. The summed E-state index contributed by atoms with van der Waals surface area (Å²) < 4.78 is 16.8. The number of carbonyl (C=O) groups excluding carboxylic acids is 1. The quantitative estimate of drug-likeness (QED) is 0.717. The molecule has 1 atom stereocenters. The standard InChI is InChI=1S/C20H22BrNO4/c1-24-14-7-8-16(21)15(12-14)20(23)22-10-4-5-17(22)13-6-9-18(25-2)19(11-13)26-3/h6-9,11-12,17H,4-5,10H2,1-3H3. The van der Waals surface area contributed by atoms with E-state index in [1.54, 1.807) is 27.4 Å². The van der Waals surface area contributed by atoms with Crippen LogP contribution in [0.4, 0.5) is 0 Å². The highest BCUT2D eigenvalue weighted by Gasteiger charge is 2.32. The zero-order valence-corrected chi connectivity index (χ0v) is 16.7. The van der Waals surface area contributed by atoms with E-state index in [4.69, 9.17) is 14.2 Å². The van der Waals surface area contributed by atoms with Crippen molar-refractivity contribution in [2.75, 3.05) is 27.9 Å². The Bertz CT molecular complexity index is 808. The number of halogens is 1. The first kappa shape index (κ1) is 18.6. The third kappa shape index (κ3) is 3.51. The maximum absolute atomic E-state index is 13.2. The zero-order valence-electron chi connectivity index (χ0n) is 15.1. The van der Waals surface area contributed by atoms with Gasteiger partial charge in [0.05, 0.1) is 32.9 Å². The summed E-state index contributed by atoms with van der Waals surface area (Å²) in [6.45, 7) is 0.724. The van der Waals surface area contributed by atoms with E-state index < -0.39 is 0 Å². The Balaban J connectivity index is 1.92. The average Bonchev–Trinajstić information content (AvgIpc) is 3.17. The van der Waals surface area contributed by atoms with Gasteiger partial charge in [0.2, 0.25) is 0 Å². The summed E-state index contributed by atoms with van der Waals surface area (Å²) in [7, 11) is 4.83. The number of nitrogens with zero attached hydrogens (tertiary/aromatic N) is 1. The zero-order chi connectivity index (χ0) is 18.7. The summed E-state index contributed by atoms with van der Waals surface area (Å²) in [5, 5.41) is 0. The molecule has 3 rings (SSSR count). The van der Waals surface area contributed by atoms with Crippen molar-refractivity contribution in [2.45, 2.75) is 18.9 Å². The number of amides is 1. The molecular weight excluding hydrogens is 398 g/mol. The van der Waals surface area contributed by atoms with Crippen LogP contribution in [-0.4, -0.2) is 38.7 Å². The first-order chi connectivity index (χ1) is 12.6. The first-order valence-corrected chi connectivity index (χ1v) is 9.24. The van der Waals surface area contributed by atoms with E-state index in [1.165, 1.54) is 0 Å². The van der Waals surface area contributed by atoms with E-state index in [0.29, 0.717) is 22.8 Å². The molecule has 1 saturated heterocycles. The fraction of sp³-hybridized carbons (Fsp3) is 0.350. The first-order valence-electron chi connectivity index (χ1n) is 8.45.